The first-order chi connectivity index (χ1) is 8.26. The number of nitrogens with two attached hydrogens (primary N) is 1. The van der Waals surface area contributed by atoms with Gasteiger partial charge >= 0.3 is 0 Å². The van der Waals surface area contributed by atoms with Crippen molar-refractivity contribution in [3.8, 4) is 0 Å². The average Bonchev–Trinajstić information content (AvgIpc) is 2.32. The molecule has 0 spiro atoms. The van der Waals surface area contributed by atoms with E-state index in [4.69, 9.17) is 10.5 Å². The molecule has 0 aromatic heterocycles. The molecule has 0 unspecified atom stereocenters. The molecule has 0 aliphatic rings. The van der Waals surface area contributed by atoms with Crippen LogP contribution in [0.5, 0.6) is 0 Å². The van der Waals surface area contributed by atoms with E-state index in [1.165, 1.54) is 12.1 Å². The normalized spacial score (nSPS) is 11.4. The minimum atomic E-state index is -0.480. The smallest absolute Gasteiger partial charge is 0.251 e. The predicted octanol–water partition coefficient (Wildman–Crippen LogP) is 1.87. The van der Waals surface area contributed by atoms with Crippen LogP contribution in [0.25, 0.3) is 0 Å². The number of benzene rings is 1. The van der Waals surface area contributed by atoms with Crippen molar-refractivity contribution in [2.75, 3.05) is 19.4 Å². The molecule has 5 heteroatoms. The quantitative estimate of drug-likeness (QED) is 0.806. The van der Waals surface area contributed by atoms with Crippen molar-refractivity contribution in [3.05, 3.63) is 29.1 Å². The van der Waals surface area contributed by atoms with Gasteiger partial charge in [0.25, 0.3) is 5.91 Å². The maximum Gasteiger partial charge on any atom is 0.251 e. The molecule has 1 aromatic carbocycles. The van der Waals surface area contributed by atoms with Crippen molar-refractivity contribution in [1.82, 2.24) is 5.32 Å². The van der Waals surface area contributed by atoms with Crippen molar-refractivity contribution in [3.63, 3.8) is 0 Å². The second kappa shape index (κ2) is 5.35. The van der Waals surface area contributed by atoms with Crippen LogP contribution in [0.1, 0.15) is 29.8 Å². The lowest BCUT2D eigenvalue weighted by molar-refractivity contribution is 0.0229. The van der Waals surface area contributed by atoms with E-state index in [9.17, 15) is 9.18 Å². The Hall–Kier alpha value is -1.62. The van der Waals surface area contributed by atoms with Crippen LogP contribution in [0.15, 0.2) is 12.1 Å². The Morgan fingerprint density at radius 2 is 2.11 bits per heavy atom. The fourth-order valence-electron chi connectivity index (χ4n) is 1.30. The number of carbonyl (C=O) groups excluding carboxylic acids is 1. The summed E-state index contributed by atoms with van der Waals surface area (Å²) in [4.78, 5) is 11.8. The highest BCUT2D eigenvalue weighted by molar-refractivity contribution is 5.95. The molecule has 4 nitrogen and oxygen atoms in total. The van der Waals surface area contributed by atoms with E-state index in [-0.39, 0.29) is 17.2 Å². The van der Waals surface area contributed by atoms with E-state index in [0.717, 1.165) is 0 Å². The number of ether oxygens (including phenoxy) is 1. The fourth-order valence-corrected chi connectivity index (χ4v) is 1.30. The number of amides is 1. The summed E-state index contributed by atoms with van der Waals surface area (Å²) in [6.45, 7) is 5.59. The van der Waals surface area contributed by atoms with Crippen molar-refractivity contribution < 1.29 is 13.9 Å². The lowest BCUT2D eigenvalue weighted by atomic mass is 10.1. The molecule has 0 heterocycles. The summed E-state index contributed by atoms with van der Waals surface area (Å²) in [6, 6.07) is 2.65. The molecule has 1 aromatic rings. The zero-order valence-corrected chi connectivity index (χ0v) is 11.1. The maximum atomic E-state index is 13.5. The highest BCUT2D eigenvalue weighted by Gasteiger charge is 2.18. The monoisotopic (exact) mass is 254 g/mol. The fraction of sp³-hybridized carbons (Fsp3) is 0.462. The van der Waals surface area contributed by atoms with Gasteiger partial charge in [0.1, 0.15) is 5.82 Å². The first-order valence-electron chi connectivity index (χ1n) is 5.66. The number of anilines is 1. The van der Waals surface area contributed by atoms with Gasteiger partial charge in [0.05, 0.1) is 5.60 Å². The van der Waals surface area contributed by atoms with Crippen LogP contribution in [0.4, 0.5) is 10.1 Å². The van der Waals surface area contributed by atoms with Crippen LogP contribution in [-0.4, -0.2) is 25.2 Å². The van der Waals surface area contributed by atoms with Gasteiger partial charge < -0.3 is 15.8 Å². The van der Waals surface area contributed by atoms with Crippen molar-refractivity contribution in [2.24, 2.45) is 0 Å². The van der Waals surface area contributed by atoms with Crippen LogP contribution in [0.3, 0.4) is 0 Å². The lowest BCUT2D eigenvalue weighted by Crippen LogP contribution is -2.39. The van der Waals surface area contributed by atoms with Crippen molar-refractivity contribution in [1.29, 1.82) is 0 Å². The molecule has 3 N–H and O–H groups in total. The van der Waals surface area contributed by atoms with Gasteiger partial charge in [-0.25, -0.2) is 4.39 Å². The molecule has 0 saturated heterocycles. The number of carbonyl (C=O) groups is 1. The van der Waals surface area contributed by atoms with E-state index in [1.807, 2.05) is 13.8 Å². The van der Waals surface area contributed by atoms with E-state index in [1.54, 1.807) is 14.0 Å². The van der Waals surface area contributed by atoms with Crippen molar-refractivity contribution >= 4 is 11.6 Å². The van der Waals surface area contributed by atoms with Gasteiger partial charge in [0.15, 0.2) is 0 Å². The van der Waals surface area contributed by atoms with Crippen LogP contribution in [0, 0.1) is 12.7 Å². The van der Waals surface area contributed by atoms with Gasteiger partial charge in [-0.2, -0.15) is 0 Å². The van der Waals surface area contributed by atoms with E-state index in [0.29, 0.717) is 12.1 Å². The molecule has 0 aliphatic heterocycles. The van der Waals surface area contributed by atoms with Gasteiger partial charge in [-0.1, -0.05) is 0 Å². The summed E-state index contributed by atoms with van der Waals surface area (Å²) in [5.74, 6) is -0.850. The molecule has 0 saturated carbocycles. The van der Waals surface area contributed by atoms with Crippen LogP contribution >= 0.6 is 0 Å². The summed E-state index contributed by atoms with van der Waals surface area (Å²) in [5, 5.41) is 2.68. The molecule has 1 amide bonds. The zero-order valence-electron chi connectivity index (χ0n) is 11.1. The first-order valence-corrected chi connectivity index (χ1v) is 5.66. The Bertz CT molecular complexity index is 435. The minimum absolute atomic E-state index is 0.211. The predicted molar refractivity (Wildman–Crippen MR) is 69.0 cm³/mol. The van der Waals surface area contributed by atoms with Crippen molar-refractivity contribution in [2.45, 2.75) is 26.4 Å². The Morgan fingerprint density at radius 1 is 1.50 bits per heavy atom. The van der Waals surface area contributed by atoms with Gasteiger partial charge in [-0.05, 0) is 32.9 Å². The molecule has 0 atom stereocenters. The molecular weight excluding hydrogens is 235 g/mol. The first kappa shape index (κ1) is 14.4. The zero-order chi connectivity index (χ0) is 13.9. The van der Waals surface area contributed by atoms with Crippen LogP contribution < -0.4 is 11.1 Å². The standard InChI is InChI=1S/C13H19FN2O2/c1-8-10(14)5-9(6-11(8)15)12(17)16-7-13(2,3)18-4/h5-6H,7,15H2,1-4H3,(H,16,17). The largest absolute Gasteiger partial charge is 0.398 e. The summed E-state index contributed by atoms with van der Waals surface area (Å²) in [5.41, 5.74) is 5.99. The highest BCUT2D eigenvalue weighted by Crippen LogP contribution is 2.17. The number of methoxy groups -OCH3 is 1. The summed E-state index contributed by atoms with van der Waals surface area (Å²) >= 11 is 0. The van der Waals surface area contributed by atoms with Gasteiger partial charge in [0.2, 0.25) is 0 Å². The molecule has 18 heavy (non-hydrogen) atoms. The number of rotatable bonds is 4. The molecule has 0 radical (unpaired) electrons. The lowest BCUT2D eigenvalue weighted by Gasteiger charge is -2.23. The Balaban J connectivity index is 2.80. The summed E-state index contributed by atoms with van der Waals surface area (Å²) < 4.78 is 18.6. The SMILES string of the molecule is COC(C)(C)CNC(=O)c1cc(N)c(C)c(F)c1. The number of hydrogen-bond acceptors (Lipinski definition) is 3. The minimum Gasteiger partial charge on any atom is -0.398 e. The molecule has 0 bridgehead atoms. The summed E-state index contributed by atoms with van der Waals surface area (Å²) in [6.07, 6.45) is 0. The van der Waals surface area contributed by atoms with Crippen LogP contribution in [0.2, 0.25) is 0 Å². The van der Waals surface area contributed by atoms with Gasteiger partial charge in [-0.3, -0.25) is 4.79 Å². The molecule has 0 fully saturated rings. The Morgan fingerprint density at radius 3 is 2.61 bits per heavy atom. The topological polar surface area (TPSA) is 64.3 Å². The third-order valence-electron chi connectivity index (χ3n) is 2.87. The third kappa shape index (κ3) is 3.43. The number of hydrogen-bond donors (Lipinski definition) is 2. The molecule has 1 rings (SSSR count). The number of halogens is 1. The molecule has 100 valence electrons. The number of nitrogens with one attached hydrogen (secondary N) is 1. The molecule has 0 aliphatic carbocycles. The van der Waals surface area contributed by atoms with Crippen LogP contribution in [-0.2, 0) is 4.74 Å². The highest BCUT2D eigenvalue weighted by atomic mass is 19.1. The van der Waals surface area contributed by atoms with E-state index in [2.05, 4.69) is 5.32 Å². The van der Waals surface area contributed by atoms with Gasteiger partial charge in [0, 0.05) is 30.5 Å². The van der Waals surface area contributed by atoms with Gasteiger partial charge in [-0.15, -0.1) is 0 Å². The van der Waals surface area contributed by atoms with E-state index >= 15 is 0 Å². The Labute approximate surface area is 106 Å². The van der Waals surface area contributed by atoms with E-state index < -0.39 is 11.4 Å². The third-order valence-corrected chi connectivity index (χ3v) is 2.87. The second-order valence-corrected chi connectivity index (χ2v) is 4.82. The number of nitrogen functional groups attached to an aromatic ring is 1. The molecular formula is C13H19FN2O2. The Kier molecular flexibility index (Phi) is 4.29. The maximum absolute atomic E-state index is 13.5. The average molecular weight is 254 g/mol. The second-order valence-electron chi connectivity index (χ2n) is 4.82. The summed E-state index contributed by atoms with van der Waals surface area (Å²) in [7, 11) is 1.57.